The van der Waals surface area contributed by atoms with Crippen molar-refractivity contribution in [3.05, 3.63) is 41.9 Å². The van der Waals surface area contributed by atoms with E-state index < -0.39 is 0 Å². The van der Waals surface area contributed by atoms with E-state index in [2.05, 4.69) is 20.9 Å². The van der Waals surface area contributed by atoms with Gasteiger partial charge in [-0.05, 0) is 37.3 Å². The molecule has 0 aliphatic carbocycles. The third-order valence-electron chi connectivity index (χ3n) is 4.90. The second-order valence-electron chi connectivity index (χ2n) is 6.58. The maximum absolute atomic E-state index is 5.97. The second-order valence-corrected chi connectivity index (χ2v) is 6.58. The molecule has 5 heteroatoms. The first-order valence-electron chi connectivity index (χ1n) is 8.68. The number of aromatic nitrogens is 2. The minimum atomic E-state index is 0.434. The van der Waals surface area contributed by atoms with Crippen LogP contribution in [0.4, 0.5) is 5.82 Å². The van der Waals surface area contributed by atoms with Gasteiger partial charge in [0.05, 0.1) is 19.4 Å². The average molecular weight is 325 g/mol. The van der Waals surface area contributed by atoms with Crippen LogP contribution in [-0.4, -0.2) is 36.8 Å². The Kier molecular flexibility index (Phi) is 4.24. The highest BCUT2D eigenvalue weighted by molar-refractivity contribution is 5.45. The Bertz CT molecular complexity index is 714. The first kappa shape index (κ1) is 15.2. The highest BCUT2D eigenvalue weighted by Gasteiger charge is 2.24. The Balaban J connectivity index is 1.50. The molecule has 0 radical (unpaired) electrons. The van der Waals surface area contributed by atoms with Gasteiger partial charge in [-0.2, -0.15) is 0 Å². The number of rotatable bonds is 4. The smallest absolute Gasteiger partial charge is 0.150 e. The van der Waals surface area contributed by atoms with Crippen molar-refractivity contribution in [2.45, 2.75) is 25.7 Å². The van der Waals surface area contributed by atoms with E-state index in [-0.39, 0.29) is 0 Å². The van der Waals surface area contributed by atoms with E-state index in [9.17, 15) is 0 Å². The number of hydrogen-bond acceptors (Lipinski definition) is 5. The minimum Gasteiger partial charge on any atom is -0.497 e. The Hall–Kier alpha value is -2.30. The van der Waals surface area contributed by atoms with Crippen molar-refractivity contribution in [3.63, 3.8) is 0 Å². The number of ether oxygens (including phenoxy) is 2. The minimum absolute atomic E-state index is 0.434. The number of fused-ring (bicyclic) bond motifs is 1. The first-order valence-corrected chi connectivity index (χ1v) is 8.68. The van der Waals surface area contributed by atoms with Crippen LogP contribution in [0.5, 0.6) is 11.5 Å². The van der Waals surface area contributed by atoms with Crippen LogP contribution in [0.3, 0.4) is 0 Å². The topological polar surface area (TPSA) is 47.5 Å². The second kappa shape index (κ2) is 6.67. The molecular formula is C19H23N3O2. The molecule has 2 aromatic rings. The Morgan fingerprint density at radius 2 is 2.04 bits per heavy atom. The highest BCUT2D eigenvalue weighted by Crippen LogP contribution is 2.33. The molecule has 3 heterocycles. The summed E-state index contributed by atoms with van der Waals surface area (Å²) in [4.78, 5) is 11.6. The molecule has 1 fully saturated rings. The van der Waals surface area contributed by atoms with Gasteiger partial charge in [0.1, 0.15) is 17.3 Å². The molecule has 0 N–H and O–H groups in total. The summed E-state index contributed by atoms with van der Waals surface area (Å²) in [5.41, 5.74) is 2.35. The van der Waals surface area contributed by atoms with E-state index >= 15 is 0 Å². The van der Waals surface area contributed by atoms with Gasteiger partial charge in [0.15, 0.2) is 0 Å². The molecule has 1 saturated heterocycles. The summed E-state index contributed by atoms with van der Waals surface area (Å²) in [6.07, 6.45) is 8.02. The molecule has 0 amide bonds. The molecule has 4 rings (SSSR count). The van der Waals surface area contributed by atoms with Crippen molar-refractivity contribution < 1.29 is 9.47 Å². The van der Waals surface area contributed by atoms with Crippen LogP contribution >= 0.6 is 0 Å². The summed E-state index contributed by atoms with van der Waals surface area (Å²) >= 11 is 0. The lowest BCUT2D eigenvalue weighted by molar-refractivity contribution is 0.219. The van der Waals surface area contributed by atoms with Crippen LogP contribution in [0.25, 0.3) is 0 Å². The molecule has 1 aromatic carbocycles. The van der Waals surface area contributed by atoms with E-state index in [1.54, 1.807) is 19.5 Å². The number of anilines is 1. The number of hydrogen-bond donors (Lipinski definition) is 0. The van der Waals surface area contributed by atoms with Crippen molar-refractivity contribution in [1.29, 1.82) is 0 Å². The normalized spacial score (nSPS) is 19.7. The molecule has 2 aliphatic heterocycles. The molecule has 126 valence electrons. The summed E-state index contributed by atoms with van der Waals surface area (Å²) in [5, 5.41) is 0. The first-order chi connectivity index (χ1) is 11.8. The van der Waals surface area contributed by atoms with E-state index in [4.69, 9.17) is 9.47 Å². The fourth-order valence-electron chi connectivity index (χ4n) is 3.64. The molecule has 1 atom stereocenters. The zero-order valence-corrected chi connectivity index (χ0v) is 14.1. The van der Waals surface area contributed by atoms with Crippen LogP contribution in [-0.2, 0) is 12.8 Å². The van der Waals surface area contributed by atoms with Gasteiger partial charge in [0.25, 0.3) is 0 Å². The molecule has 5 nitrogen and oxygen atoms in total. The standard InChI is InChI=1S/C19H23N3O2/c1-23-16-5-4-15-10-14(13-24-18(15)12-16)11-17-19(21-7-6-20-17)22-8-2-3-9-22/h4-7,12,14H,2-3,8-11,13H2,1H3/t14-/m0/s1. The molecule has 2 aliphatic rings. The molecule has 0 spiro atoms. The molecule has 24 heavy (non-hydrogen) atoms. The third kappa shape index (κ3) is 3.03. The summed E-state index contributed by atoms with van der Waals surface area (Å²) < 4.78 is 11.2. The number of benzene rings is 1. The highest BCUT2D eigenvalue weighted by atomic mass is 16.5. The van der Waals surface area contributed by atoms with Crippen LogP contribution in [0.1, 0.15) is 24.1 Å². The van der Waals surface area contributed by atoms with Crippen molar-refractivity contribution in [2.24, 2.45) is 5.92 Å². The lowest BCUT2D eigenvalue weighted by Crippen LogP contribution is -2.26. The van der Waals surface area contributed by atoms with Gasteiger partial charge in [-0.25, -0.2) is 4.98 Å². The summed E-state index contributed by atoms with van der Waals surface area (Å²) in [7, 11) is 1.68. The van der Waals surface area contributed by atoms with Gasteiger partial charge in [-0.1, -0.05) is 6.07 Å². The van der Waals surface area contributed by atoms with Gasteiger partial charge >= 0.3 is 0 Å². The monoisotopic (exact) mass is 325 g/mol. The van der Waals surface area contributed by atoms with Crippen LogP contribution < -0.4 is 14.4 Å². The maximum Gasteiger partial charge on any atom is 0.150 e. The Morgan fingerprint density at radius 1 is 1.21 bits per heavy atom. The fourth-order valence-corrected chi connectivity index (χ4v) is 3.64. The zero-order chi connectivity index (χ0) is 16.4. The van der Waals surface area contributed by atoms with Gasteiger partial charge in [0, 0.05) is 37.5 Å². The van der Waals surface area contributed by atoms with Crippen molar-refractivity contribution >= 4 is 5.82 Å². The van der Waals surface area contributed by atoms with Crippen LogP contribution in [0.15, 0.2) is 30.6 Å². The predicted molar refractivity (Wildman–Crippen MR) is 92.9 cm³/mol. The van der Waals surface area contributed by atoms with E-state index in [1.807, 2.05) is 12.1 Å². The van der Waals surface area contributed by atoms with E-state index in [1.165, 1.54) is 18.4 Å². The number of methoxy groups -OCH3 is 1. The van der Waals surface area contributed by atoms with Gasteiger partial charge in [-0.15, -0.1) is 0 Å². The van der Waals surface area contributed by atoms with Crippen LogP contribution in [0, 0.1) is 5.92 Å². The van der Waals surface area contributed by atoms with Crippen molar-refractivity contribution in [3.8, 4) is 11.5 Å². The third-order valence-corrected chi connectivity index (χ3v) is 4.90. The predicted octanol–water partition coefficient (Wildman–Crippen LogP) is 2.88. The molecule has 0 bridgehead atoms. The van der Waals surface area contributed by atoms with Crippen LogP contribution in [0.2, 0.25) is 0 Å². The molecular weight excluding hydrogens is 302 g/mol. The molecule has 1 aromatic heterocycles. The largest absolute Gasteiger partial charge is 0.497 e. The lowest BCUT2D eigenvalue weighted by atomic mass is 9.92. The van der Waals surface area contributed by atoms with E-state index in [0.717, 1.165) is 55.5 Å². The Morgan fingerprint density at radius 3 is 2.88 bits per heavy atom. The molecule has 0 saturated carbocycles. The quantitative estimate of drug-likeness (QED) is 0.865. The van der Waals surface area contributed by atoms with Gasteiger partial charge < -0.3 is 14.4 Å². The maximum atomic E-state index is 5.97. The van der Waals surface area contributed by atoms with Gasteiger partial charge in [-0.3, -0.25) is 4.98 Å². The fraction of sp³-hybridized carbons (Fsp3) is 0.474. The summed E-state index contributed by atoms with van der Waals surface area (Å²) in [6.45, 7) is 2.90. The summed E-state index contributed by atoms with van der Waals surface area (Å²) in [6, 6.07) is 6.09. The SMILES string of the molecule is COc1ccc2c(c1)OC[C@H](Cc1nccnc1N1CCCC1)C2. The van der Waals surface area contributed by atoms with E-state index in [0.29, 0.717) is 5.92 Å². The zero-order valence-electron chi connectivity index (χ0n) is 14.1. The number of nitrogens with zero attached hydrogens (tertiary/aromatic N) is 3. The van der Waals surface area contributed by atoms with Crippen molar-refractivity contribution in [1.82, 2.24) is 9.97 Å². The molecule has 0 unspecified atom stereocenters. The lowest BCUT2D eigenvalue weighted by Gasteiger charge is -2.27. The average Bonchev–Trinajstić information content (AvgIpc) is 3.16. The Labute approximate surface area is 142 Å². The van der Waals surface area contributed by atoms with Crippen molar-refractivity contribution in [2.75, 3.05) is 31.7 Å². The summed E-state index contributed by atoms with van der Waals surface area (Å²) in [5.74, 6) is 3.29. The van der Waals surface area contributed by atoms with Gasteiger partial charge in [0.2, 0.25) is 0 Å².